The SMILES string of the molecule is Fc1ccc([C@H](c2ccc(C(F)(F)F)cc2)[NH+]2CC[NH2+]CC2)cc1. The molecule has 1 aliphatic rings. The molecular weight excluding hydrogens is 320 g/mol. The molecule has 0 amide bonds. The first-order chi connectivity index (χ1) is 11.4. The zero-order valence-electron chi connectivity index (χ0n) is 13.1. The van der Waals surface area contributed by atoms with E-state index in [2.05, 4.69) is 5.32 Å². The minimum Gasteiger partial charge on any atom is -0.337 e. The molecular formula is C18H20F4N2+2. The van der Waals surface area contributed by atoms with E-state index in [1.165, 1.54) is 17.0 Å². The van der Waals surface area contributed by atoms with Crippen LogP contribution in [0.1, 0.15) is 22.7 Å². The summed E-state index contributed by atoms with van der Waals surface area (Å²) >= 11 is 0. The van der Waals surface area contributed by atoms with Crippen LogP contribution in [0.5, 0.6) is 0 Å². The van der Waals surface area contributed by atoms with Crippen LogP contribution in [0.4, 0.5) is 17.6 Å². The Morgan fingerprint density at radius 1 is 0.833 bits per heavy atom. The smallest absolute Gasteiger partial charge is 0.337 e. The van der Waals surface area contributed by atoms with E-state index in [1.54, 1.807) is 24.3 Å². The molecule has 2 aromatic rings. The van der Waals surface area contributed by atoms with Crippen molar-refractivity contribution in [2.24, 2.45) is 0 Å². The maximum absolute atomic E-state index is 13.2. The molecule has 1 saturated heterocycles. The second kappa shape index (κ2) is 6.91. The number of rotatable bonds is 3. The fraction of sp³-hybridized carbons (Fsp3) is 0.333. The van der Waals surface area contributed by atoms with Crippen LogP contribution >= 0.6 is 0 Å². The number of alkyl halides is 3. The Morgan fingerprint density at radius 2 is 1.33 bits per heavy atom. The number of nitrogens with two attached hydrogens (primary N) is 1. The summed E-state index contributed by atoms with van der Waals surface area (Å²) in [6, 6.07) is 11.5. The van der Waals surface area contributed by atoms with Crippen LogP contribution in [-0.2, 0) is 6.18 Å². The molecule has 1 aliphatic heterocycles. The van der Waals surface area contributed by atoms with E-state index in [1.807, 2.05) is 0 Å². The predicted molar refractivity (Wildman–Crippen MR) is 82.0 cm³/mol. The molecule has 0 radical (unpaired) electrons. The Morgan fingerprint density at radius 3 is 1.83 bits per heavy atom. The maximum Gasteiger partial charge on any atom is 0.416 e. The van der Waals surface area contributed by atoms with Gasteiger partial charge in [0.1, 0.15) is 38.0 Å². The molecule has 3 rings (SSSR count). The van der Waals surface area contributed by atoms with Crippen LogP contribution in [0.15, 0.2) is 48.5 Å². The van der Waals surface area contributed by atoms with Gasteiger partial charge in [-0.2, -0.15) is 13.2 Å². The molecule has 2 aromatic carbocycles. The Labute approximate surface area is 138 Å². The van der Waals surface area contributed by atoms with E-state index in [-0.39, 0.29) is 11.9 Å². The summed E-state index contributed by atoms with van der Waals surface area (Å²) in [6.07, 6.45) is -4.34. The Hall–Kier alpha value is -1.92. The van der Waals surface area contributed by atoms with Crippen molar-refractivity contribution in [1.29, 1.82) is 0 Å². The lowest BCUT2D eigenvalue weighted by Crippen LogP contribution is -3.20. The normalized spacial score (nSPS) is 17.7. The van der Waals surface area contributed by atoms with Crippen molar-refractivity contribution >= 4 is 0 Å². The molecule has 0 spiro atoms. The second-order valence-corrected chi connectivity index (χ2v) is 6.13. The first-order valence-corrected chi connectivity index (χ1v) is 8.04. The van der Waals surface area contributed by atoms with Crippen LogP contribution in [0.25, 0.3) is 0 Å². The molecule has 24 heavy (non-hydrogen) atoms. The molecule has 0 aliphatic carbocycles. The molecule has 0 unspecified atom stereocenters. The molecule has 0 saturated carbocycles. The first-order valence-electron chi connectivity index (χ1n) is 8.04. The Bertz CT molecular complexity index is 659. The van der Waals surface area contributed by atoms with Crippen LogP contribution in [0.2, 0.25) is 0 Å². The number of hydrogen-bond donors (Lipinski definition) is 2. The first kappa shape index (κ1) is 16.9. The molecule has 3 N–H and O–H groups in total. The van der Waals surface area contributed by atoms with Gasteiger partial charge in [0.25, 0.3) is 0 Å². The molecule has 1 fully saturated rings. The largest absolute Gasteiger partial charge is 0.416 e. The van der Waals surface area contributed by atoms with E-state index in [4.69, 9.17) is 0 Å². The number of halogens is 4. The summed E-state index contributed by atoms with van der Waals surface area (Å²) in [7, 11) is 0. The zero-order chi connectivity index (χ0) is 17.2. The summed E-state index contributed by atoms with van der Waals surface area (Å²) in [4.78, 5) is 1.30. The highest BCUT2D eigenvalue weighted by Crippen LogP contribution is 2.30. The van der Waals surface area contributed by atoms with E-state index < -0.39 is 11.7 Å². The fourth-order valence-electron chi connectivity index (χ4n) is 3.32. The zero-order valence-corrected chi connectivity index (χ0v) is 13.1. The summed E-state index contributed by atoms with van der Waals surface area (Å²) in [5.74, 6) is -0.313. The molecule has 0 bridgehead atoms. The van der Waals surface area contributed by atoms with Crippen LogP contribution in [-0.4, -0.2) is 26.2 Å². The van der Waals surface area contributed by atoms with Gasteiger partial charge in [0.15, 0.2) is 0 Å². The van der Waals surface area contributed by atoms with E-state index in [0.29, 0.717) is 0 Å². The van der Waals surface area contributed by atoms with Gasteiger partial charge in [0.05, 0.1) is 5.56 Å². The van der Waals surface area contributed by atoms with E-state index in [0.717, 1.165) is 49.4 Å². The van der Waals surface area contributed by atoms with Crippen LogP contribution in [0.3, 0.4) is 0 Å². The maximum atomic E-state index is 13.2. The fourth-order valence-corrected chi connectivity index (χ4v) is 3.32. The average Bonchev–Trinajstić information content (AvgIpc) is 2.58. The van der Waals surface area contributed by atoms with Gasteiger partial charge in [-0.15, -0.1) is 0 Å². The third-order valence-corrected chi connectivity index (χ3v) is 4.52. The number of hydrogen-bond acceptors (Lipinski definition) is 0. The second-order valence-electron chi connectivity index (χ2n) is 6.13. The quantitative estimate of drug-likeness (QED) is 0.789. The average molecular weight is 340 g/mol. The lowest BCUT2D eigenvalue weighted by Gasteiger charge is -2.31. The van der Waals surface area contributed by atoms with Crippen molar-refractivity contribution in [2.45, 2.75) is 12.2 Å². The molecule has 2 nitrogen and oxygen atoms in total. The van der Waals surface area contributed by atoms with Crippen molar-refractivity contribution in [3.05, 3.63) is 71.0 Å². The summed E-state index contributed by atoms with van der Waals surface area (Å²) in [5.41, 5.74) is 1.10. The molecule has 1 atom stereocenters. The number of piperazine rings is 1. The topological polar surface area (TPSA) is 21.1 Å². The van der Waals surface area contributed by atoms with Gasteiger partial charge in [-0.05, 0) is 36.4 Å². The highest BCUT2D eigenvalue weighted by atomic mass is 19.4. The van der Waals surface area contributed by atoms with Crippen molar-refractivity contribution in [3.8, 4) is 0 Å². The van der Waals surface area contributed by atoms with Gasteiger partial charge >= 0.3 is 6.18 Å². The predicted octanol–water partition coefficient (Wildman–Crippen LogP) is 1.40. The van der Waals surface area contributed by atoms with Crippen LogP contribution < -0.4 is 10.2 Å². The van der Waals surface area contributed by atoms with Crippen molar-refractivity contribution < 1.29 is 27.8 Å². The number of benzene rings is 2. The molecule has 1 heterocycles. The molecule has 0 aromatic heterocycles. The van der Waals surface area contributed by atoms with Gasteiger partial charge in [-0.25, -0.2) is 4.39 Å². The highest BCUT2D eigenvalue weighted by Gasteiger charge is 2.32. The van der Waals surface area contributed by atoms with Gasteiger partial charge in [-0.1, -0.05) is 12.1 Å². The standard InChI is InChI=1S/C18H18F4N2/c19-16-7-3-14(4-8-16)17(24-11-9-23-10-12-24)13-1-5-15(6-2-13)18(20,21)22/h1-8,17,23H,9-12H2/p+2/t17-/m0/s1. The Balaban J connectivity index is 1.96. The van der Waals surface area contributed by atoms with Gasteiger partial charge in [-0.3, -0.25) is 0 Å². The minimum absolute atomic E-state index is 0.0819. The summed E-state index contributed by atoms with van der Waals surface area (Å²) in [6.45, 7) is 3.80. The monoisotopic (exact) mass is 340 g/mol. The number of nitrogens with one attached hydrogen (secondary N) is 1. The third-order valence-electron chi connectivity index (χ3n) is 4.52. The van der Waals surface area contributed by atoms with Gasteiger partial charge in [0, 0.05) is 11.1 Å². The summed E-state index contributed by atoms with van der Waals surface area (Å²) < 4.78 is 51.6. The van der Waals surface area contributed by atoms with Crippen molar-refractivity contribution in [1.82, 2.24) is 0 Å². The lowest BCUT2D eigenvalue weighted by molar-refractivity contribution is -0.967. The van der Waals surface area contributed by atoms with Crippen LogP contribution in [0, 0.1) is 5.82 Å². The molecule has 6 heteroatoms. The van der Waals surface area contributed by atoms with E-state index in [9.17, 15) is 17.6 Å². The third kappa shape index (κ3) is 3.76. The highest BCUT2D eigenvalue weighted by molar-refractivity contribution is 5.32. The number of quaternary nitrogens is 2. The van der Waals surface area contributed by atoms with Gasteiger partial charge < -0.3 is 10.2 Å². The van der Waals surface area contributed by atoms with Crippen molar-refractivity contribution in [3.63, 3.8) is 0 Å². The van der Waals surface area contributed by atoms with Crippen molar-refractivity contribution in [2.75, 3.05) is 26.2 Å². The Kier molecular flexibility index (Phi) is 4.87. The summed E-state index contributed by atoms with van der Waals surface area (Å²) in [5, 5.41) is 2.23. The van der Waals surface area contributed by atoms with Gasteiger partial charge in [0.2, 0.25) is 0 Å². The lowest BCUT2D eigenvalue weighted by atomic mass is 9.95. The van der Waals surface area contributed by atoms with E-state index >= 15 is 0 Å². The molecule has 128 valence electrons. The minimum atomic E-state index is -4.34.